The largest absolute Gasteiger partial charge is 0.327 e. The minimum absolute atomic E-state index is 0.112. The maximum Gasteiger partial charge on any atom is 0.255 e. The van der Waals surface area contributed by atoms with Gasteiger partial charge in [0.05, 0.1) is 0 Å². The average molecular weight is 396 g/mol. The number of piperidine rings is 1. The molecule has 3 amide bonds. The van der Waals surface area contributed by atoms with Crippen LogP contribution < -0.4 is 16.4 Å². The molecule has 1 aromatic carbocycles. The Morgan fingerprint density at radius 1 is 1.10 bits per heavy atom. The van der Waals surface area contributed by atoms with E-state index in [1.165, 1.54) is 12.8 Å². The van der Waals surface area contributed by atoms with Crippen LogP contribution in [0.15, 0.2) is 18.2 Å². The summed E-state index contributed by atoms with van der Waals surface area (Å²) in [7, 11) is 0. The molecule has 3 aliphatic carbocycles. The van der Waals surface area contributed by atoms with Gasteiger partial charge in [-0.25, -0.2) is 0 Å². The van der Waals surface area contributed by atoms with Crippen LogP contribution in [0, 0.1) is 11.8 Å². The predicted octanol–water partition coefficient (Wildman–Crippen LogP) is 1.05. The molecule has 5 atom stereocenters. The van der Waals surface area contributed by atoms with Gasteiger partial charge in [-0.15, -0.1) is 0 Å². The van der Waals surface area contributed by atoms with Crippen LogP contribution in [0.1, 0.15) is 60.0 Å². The van der Waals surface area contributed by atoms with Crippen molar-refractivity contribution in [2.75, 3.05) is 0 Å². The maximum absolute atomic E-state index is 12.9. The lowest BCUT2D eigenvalue weighted by atomic mass is 9.65. The molecule has 3 saturated carbocycles. The number of hydrogen-bond donors (Lipinski definition) is 3. The second-order valence-corrected chi connectivity index (χ2v) is 9.06. The Bertz CT molecular complexity index is 870. The number of nitrogens with zero attached hydrogens (tertiary/aromatic N) is 1. The van der Waals surface area contributed by atoms with Crippen molar-refractivity contribution in [2.45, 2.75) is 69.7 Å². The molecule has 0 aromatic heterocycles. The van der Waals surface area contributed by atoms with E-state index in [9.17, 15) is 14.4 Å². The third-order valence-corrected chi connectivity index (χ3v) is 7.45. The third kappa shape index (κ3) is 3.26. The van der Waals surface area contributed by atoms with Gasteiger partial charge in [0.2, 0.25) is 11.8 Å². The van der Waals surface area contributed by atoms with E-state index >= 15 is 0 Å². The Morgan fingerprint density at radius 3 is 2.66 bits per heavy atom. The number of nitrogens with two attached hydrogens (primary N) is 1. The molecule has 1 unspecified atom stereocenters. The van der Waals surface area contributed by atoms with Gasteiger partial charge in [0, 0.05) is 37.2 Å². The molecule has 154 valence electrons. The zero-order chi connectivity index (χ0) is 20.1. The van der Waals surface area contributed by atoms with Gasteiger partial charge in [-0.05, 0) is 61.1 Å². The summed E-state index contributed by atoms with van der Waals surface area (Å²) in [6.45, 7) is 1.16. The highest BCUT2D eigenvalue weighted by molar-refractivity contribution is 6.05. The van der Waals surface area contributed by atoms with Crippen LogP contribution in [0.2, 0.25) is 0 Å². The van der Waals surface area contributed by atoms with Crippen LogP contribution in [0.3, 0.4) is 0 Å². The van der Waals surface area contributed by atoms with Crippen molar-refractivity contribution in [3.8, 4) is 0 Å². The number of rotatable bonds is 4. The molecule has 0 spiro atoms. The highest BCUT2D eigenvalue weighted by Crippen LogP contribution is 2.41. The first kappa shape index (κ1) is 18.8. The van der Waals surface area contributed by atoms with E-state index < -0.39 is 6.04 Å². The van der Waals surface area contributed by atoms with Crippen molar-refractivity contribution in [2.24, 2.45) is 17.6 Å². The van der Waals surface area contributed by atoms with E-state index in [0.717, 1.165) is 30.5 Å². The number of carbonyl (C=O) groups excluding carboxylic acids is 3. The van der Waals surface area contributed by atoms with Gasteiger partial charge in [-0.2, -0.15) is 0 Å². The van der Waals surface area contributed by atoms with E-state index in [2.05, 4.69) is 16.7 Å². The van der Waals surface area contributed by atoms with Crippen molar-refractivity contribution in [3.05, 3.63) is 34.9 Å². The Hall–Kier alpha value is -2.25. The van der Waals surface area contributed by atoms with E-state index in [-0.39, 0.29) is 24.1 Å². The molecule has 0 radical (unpaired) electrons. The lowest BCUT2D eigenvalue weighted by molar-refractivity contribution is -0.136. The molecular formula is C22H28N4O3. The number of fused-ring (bicyclic) bond motifs is 4. The molecule has 5 aliphatic rings. The quantitative estimate of drug-likeness (QED) is 0.660. The zero-order valence-corrected chi connectivity index (χ0v) is 16.5. The highest BCUT2D eigenvalue weighted by Gasteiger charge is 2.41. The Morgan fingerprint density at radius 2 is 1.93 bits per heavy atom. The molecule has 6 rings (SSSR count). The zero-order valence-electron chi connectivity index (χ0n) is 16.5. The van der Waals surface area contributed by atoms with Crippen molar-refractivity contribution in [3.63, 3.8) is 0 Å². The standard InChI is InChI=1S/C22H28N4O3/c23-17-8-13-5-4-12(17)9-18(13)24-10-14-2-1-3-15-16(14)11-26(22(15)29)19-6-7-20(27)25-21(19)28/h1-3,12-13,17-19,24H,4-11,23H2,(H,25,27,28)/t12-,13-,17-,18-,19?/m1/s1. The topological polar surface area (TPSA) is 105 Å². The van der Waals surface area contributed by atoms with Gasteiger partial charge in [0.15, 0.2) is 0 Å². The second kappa shape index (κ2) is 7.22. The minimum atomic E-state index is -0.566. The predicted molar refractivity (Wildman–Crippen MR) is 107 cm³/mol. The molecule has 1 aromatic rings. The van der Waals surface area contributed by atoms with E-state index in [1.54, 1.807) is 4.90 Å². The summed E-state index contributed by atoms with van der Waals surface area (Å²) in [5.41, 5.74) is 9.07. The number of carbonyl (C=O) groups is 3. The lowest BCUT2D eigenvalue weighted by Gasteiger charge is -2.46. The number of benzene rings is 1. The minimum Gasteiger partial charge on any atom is -0.327 e. The fraction of sp³-hybridized carbons (Fsp3) is 0.591. The van der Waals surface area contributed by atoms with Gasteiger partial charge in [0.1, 0.15) is 6.04 Å². The molecule has 1 saturated heterocycles. The van der Waals surface area contributed by atoms with Crippen molar-refractivity contribution < 1.29 is 14.4 Å². The molecule has 2 heterocycles. The summed E-state index contributed by atoms with van der Waals surface area (Å²) >= 11 is 0. The average Bonchev–Trinajstić information content (AvgIpc) is 3.04. The first-order chi connectivity index (χ1) is 14.0. The molecule has 7 nitrogen and oxygen atoms in total. The number of amides is 3. The van der Waals surface area contributed by atoms with Gasteiger partial charge in [0.25, 0.3) is 5.91 Å². The molecule has 2 bridgehead atoms. The monoisotopic (exact) mass is 396 g/mol. The van der Waals surface area contributed by atoms with E-state index in [4.69, 9.17) is 5.73 Å². The van der Waals surface area contributed by atoms with Crippen molar-refractivity contribution in [1.82, 2.24) is 15.5 Å². The van der Waals surface area contributed by atoms with Crippen LogP contribution in [0.25, 0.3) is 0 Å². The van der Waals surface area contributed by atoms with E-state index in [0.29, 0.717) is 42.4 Å². The molecular weight excluding hydrogens is 368 g/mol. The van der Waals surface area contributed by atoms with Crippen molar-refractivity contribution in [1.29, 1.82) is 0 Å². The van der Waals surface area contributed by atoms with Crippen LogP contribution in [0.4, 0.5) is 0 Å². The van der Waals surface area contributed by atoms with Gasteiger partial charge in [-0.1, -0.05) is 12.1 Å². The number of hydrogen-bond acceptors (Lipinski definition) is 5. The number of imide groups is 1. The smallest absolute Gasteiger partial charge is 0.255 e. The SMILES string of the molecule is N[C@@H]1C[C@H]2CC[C@@H]1C[C@H]2NCc1cccc2c1CN(C1CCC(=O)NC1=O)C2=O. The van der Waals surface area contributed by atoms with Crippen LogP contribution in [-0.2, 0) is 22.7 Å². The maximum atomic E-state index is 12.9. The van der Waals surface area contributed by atoms with Gasteiger partial charge < -0.3 is 16.0 Å². The summed E-state index contributed by atoms with van der Waals surface area (Å²) < 4.78 is 0. The van der Waals surface area contributed by atoms with Crippen LogP contribution in [0.5, 0.6) is 0 Å². The normalized spacial score (nSPS) is 33.8. The third-order valence-electron chi connectivity index (χ3n) is 7.45. The fourth-order valence-electron chi connectivity index (χ4n) is 5.79. The summed E-state index contributed by atoms with van der Waals surface area (Å²) in [6.07, 6.45) is 5.42. The Labute approximate surface area is 170 Å². The lowest BCUT2D eigenvalue weighted by Crippen LogP contribution is -2.52. The second-order valence-electron chi connectivity index (χ2n) is 9.06. The summed E-state index contributed by atoms with van der Waals surface area (Å²) in [4.78, 5) is 38.3. The first-order valence-electron chi connectivity index (χ1n) is 10.8. The fourth-order valence-corrected chi connectivity index (χ4v) is 5.79. The molecule has 29 heavy (non-hydrogen) atoms. The van der Waals surface area contributed by atoms with Crippen LogP contribution >= 0.6 is 0 Å². The molecule has 4 N–H and O–H groups in total. The molecule has 7 heteroatoms. The Kier molecular flexibility index (Phi) is 4.67. The van der Waals surface area contributed by atoms with Gasteiger partial charge >= 0.3 is 0 Å². The van der Waals surface area contributed by atoms with Gasteiger partial charge in [-0.3, -0.25) is 19.7 Å². The summed E-state index contributed by atoms with van der Waals surface area (Å²) in [6, 6.07) is 6.11. The Balaban J connectivity index is 1.30. The summed E-state index contributed by atoms with van der Waals surface area (Å²) in [5, 5.41) is 6.10. The van der Waals surface area contributed by atoms with E-state index in [1.807, 2.05) is 12.1 Å². The van der Waals surface area contributed by atoms with Crippen LogP contribution in [-0.4, -0.2) is 40.7 Å². The first-order valence-corrected chi connectivity index (χ1v) is 10.8. The summed E-state index contributed by atoms with van der Waals surface area (Å²) in [5.74, 6) is 0.537. The van der Waals surface area contributed by atoms with Crippen molar-refractivity contribution >= 4 is 17.7 Å². The number of nitrogens with one attached hydrogen (secondary N) is 2. The molecule has 4 fully saturated rings. The highest BCUT2D eigenvalue weighted by atomic mass is 16.2. The molecule has 2 aliphatic heterocycles.